The van der Waals surface area contributed by atoms with Crippen LogP contribution in [0.2, 0.25) is 0 Å². The summed E-state index contributed by atoms with van der Waals surface area (Å²) in [5, 5.41) is 18.0. The Morgan fingerprint density at radius 1 is 1.27 bits per heavy atom. The van der Waals surface area contributed by atoms with Crippen LogP contribution in [-0.4, -0.2) is 46.8 Å². The van der Waals surface area contributed by atoms with E-state index in [0.717, 1.165) is 0 Å². The van der Waals surface area contributed by atoms with Crippen molar-refractivity contribution >= 4 is 11.6 Å². The monoisotopic (exact) mass is 180 g/mol. The Kier molecular flexibility index (Phi) is 1.81. The van der Waals surface area contributed by atoms with Crippen LogP contribution >= 0.6 is 11.6 Å². The molecule has 2 N–H and O–H groups in total. The van der Waals surface area contributed by atoms with Gasteiger partial charge in [-0.3, -0.25) is 0 Å². The fourth-order valence-electron chi connectivity index (χ4n) is 1.46. The molecule has 2 saturated heterocycles. The van der Waals surface area contributed by atoms with E-state index < -0.39 is 18.5 Å². The van der Waals surface area contributed by atoms with Crippen molar-refractivity contribution in [2.75, 3.05) is 6.61 Å². The van der Waals surface area contributed by atoms with E-state index >= 15 is 0 Å². The van der Waals surface area contributed by atoms with Crippen LogP contribution in [-0.2, 0) is 9.47 Å². The van der Waals surface area contributed by atoms with Gasteiger partial charge in [-0.2, -0.15) is 0 Å². The second-order valence-corrected chi connectivity index (χ2v) is 3.36. The largest absolute Gasteiger partial charge is 0.385 e. The Morgan fingerprint density at radius 2 is 2.00 bits per heavy atom. The van der Waals surface area contributed by atoms with Crippen molar-refractivity contribution in [2.24, 2.45) is 0 Å². The summed E-state index contributed by atoms with van der Waals surface area (Å²) in [6, 6.07) is 0. The molecule has 0 bridgehead atoms. The summed E-state index contributed by atoms with van der Waals surface area (Å²) in [6.45, 7) is 0.376. The van der Waals surface area contributed by atoms with Gasteiger partial charge in [0.15, 0.2) is 6.29 Å². The maximum Gasteiger partial charge on any atom is 0.184 e. The second kappa shape index (κ2) is 2.57. The number of ether oxygens (including phenoxy) is 2. The second-order valence-electron chi connectivity index (χ2n) is 2.80. The predicted molar refractivity (Wildman–Crippen MR) is 36.3 cm³/mol. The highest BCUT2D eigenvalue weighted by molar-refractivity contribution is 6.21. The molecule has 2 heterocycles. The van der Waals surface area contributed by atoms with E-state index in [1.54, 1.807) is 0 Å². The Hall–Kier alpha value is 0.130. The highest BCUT2D eigenvalue weighted by Gasteiger charge is 2.51. The number of rotatable bonds is 0. The van der Waals surface area contributed by atoms with Crippen LogP contribution in [0.4, 0.5) is 0 Å². The third kappa shape index (κ3) is 1.06. The van der Waals surface area contributed by atoms with Crippen molar-refractivity contribution in [1.29, 1.82) is 0 Å². The summed E-state index contributed by atoms with van der Waals surface area (Å²) in [6.07, 6.45) is -2.91. The van der Waals surface area contributed by atoms with Crippen LogP contribution in [0.1, 0.15) is 0 Å². The van der Waals surface area contributed by atoms with Crippen molar-refractivity contribution < 1.29 is 19.7 Å². The van der Waals surface area contributed by atoms with Crippen LogP contribution in [0.15, 0.2) is 0 Å². The van der Waals surface area contributed by atoms with Gasteiger partial charge in [0.1, 0.15) is 18.3 Å². The molecule has 0 saturated carbocycles. The maximum absolute atomic E-state index is 9.23. The van der Waals surface area contributed by atoms with E-state index in [4.69, 9.17) is 26.2 Å². The molecule has 4 nitrogen and oxygen atoms in total. The third-order valence-corrected chi connectivity index (χ3v) is 2.43. The van der Waals surface area contributed by atoms with Crippen LogP contribution < -0.4 is 0 Å². The van der Waals surface area contributed by atoms with Crippen LogP contribution in [0.5, 0.6) is 0 Å². The first-order valence-electron chi connectivity index (χ1n) is 3.47. The fraction of sp³-hybridized carbons (Fsp3) is 1.00. The minimum Gasteiger partial charge on any atom is -0.385 e. The lowest BCUT2D eigenvalue weighted by atomic mass is 10.1. The molecule has 5 atom stereocenters. The summed E-state index contributed by atoms with van der Waals surface area (Å²) in [5.74, 6) is 0. The lowest BCUT2D eigenvalue weighted by Gasteiger charge is -2.10. The normalized spacial score (nSPS) is 56.5. The summed E-state index contributed by atoms with van der Waals surface area (Å²) < 4.78 is 10.1. The zero-order valence-electron chi connectivity index (χ0n) is 5.68. The van der Waals surface area contributed by atoms with Crippen LogP contribution in [0.25, 0.3) is 0 Å². The molecule has 2 rings (SSSR count). The molecule has 0 spiro atoms. The van der Waals surface area contributed by atoms with Gasteiger partial charge in [0.25, 0.3) is 0 Å². The smallest absolute Gasteiger partial charge is 0.184 e. The number of aliphatic hydroxyl groups is 2. The van der Waals surface area contributed by atoms with Crippen LogP contribution in [0.3, 0.4) is 0 Å². The average molecular weight is 181 g/mol. The van der Waals surface area contributed by atoms with E-state index in [1.807, 2.05) is 0 Å². The molecule has 2 aliphatic heterocycles. The molecule has 2 aliphatic rings. The van der Waals surface area contributed by atoms with Gasteiger partial charge in [-0.05, 0) is 0 Å². The van der Waals surface area contributed by atoms with Gasteiger partial charge in [-0.15, -0.1) is 11.6 Å². The molecule has 0 aliphatic carbocycles. The number of halogens is 1. The number of aliphatic hydroxyl groups excluding tert-OH is 2. The summed E-state index contributed by atoms with van der Waals surface area (Å²) in [4.78, 5) is 0. The van der Waals surface area contributed by atoms with Gasteiger partial charge in [0.2, 0.25) is 0 Å². The average Bonchev–Trinajstić information content (AvgIpc) is 2.43. The van der Waals surface area contributed by atoms with Gasteiger partial charge in [0, 0.05) is 0 Å². The Balaban J connectivity index is 2.12. The van der Waals surface area contributed by atoms with E-state index in [0.29, 0.717) is 6.61 Å². The van der Waals surface area contributed by atoms with Crippen molar-refractivity contribution in [3.63, 3.8) is 0 Å². The molecule has 64 valence electrons. The van der Waals surface area contributed by atoms with Gasteiger partial charge < -0.3 is 19.7 Å². The van der Waals surface area contributed by atoms with Crippen molar-refractivity contribution in [3.8, 4) is 0 Å². The molecular weight excluding hydrogens is 172 g/mol. The molecule has 1 unspecified atom stereocenters. The summed E-state index contributed by atoms with van der Waals surface area (Å²) in [5.41, 5.74) is 0. The fourth-order valence-corrected chi connectivity index (χ4v) is 1.73. The molecule has 0 aromatic carbocycles. The minimum atomic E-state index is -1.15. The van der Waals surface area contributed by atoms with Gasteiger partial charge >= 0.3 is 0 Å². The highest BCUT2D eigenvalue weighted by Crippen LogP contribution is 2.32. The zero-order valence-corrected chi connectivity index (χ0v) is 6.44. The topological polar surface area (TPSA) is 58.9 Å². The van der Waals surface area contributed by atoms with Crippen molar-refractivity contribution in [3.05, 3.63) is 0 Å². The molecule has 0 aromatic heterocycles. The minimum absolute atomic E-state index is 0.258. The third-order valence-electron chi connectivity index (χ3n) is 2.05. The predicted octanol–water partition coefficient (Wildman–Crippen LogP) is -0.929. The van der Waals surface area contributed by atoms with E-state index in [-0.39, 0.29) is 11.5 Å². The summed E-state index contributed by atoms with van der Waals surface area (Å²) in [7, 11) is 0. The Morgan fingerprint density at radius 3 is 2.64 bits per heavy atom. The Bertz CT molecular complexity index is 165. The van der Waals surface area contributed by atoms with E-state index in [2.05, 4.69) is 0 Å². The summed E-state index contributed by atoms with van der Waals surface area (Å²) >= 11 is 5.77. The van der Waals surface area contributed by atoms with Gasteiger partial charge in [-0.25, -0.2) is 0 Å². The first kappa shape index (κ1) is 7.76. The van der Waals surface area contributed by atoms with Crippen molar-refractivity contribution in [2.45, 2.75) is 30.0 Å². The van der Waals surface area contributed by atoms with E-state index in [9.17, 15) is 5.11 Å². The van der Waals surface area contributed by atoms with Gasteiger partial charge in [0.05, 0.1) is 12.0 Å². The van der Waals surface area contributed by atoms with Crippen LogP contribution in [0, 0.1) is 0 Å². The van der Waals surface area contributed by atoms with Crippen molar-refractivity contribution in [1.82, 2.24) is 0 Å². The maximum atomic E-state index is 9.23. The number of alkyl halides is 1. The number of hydrogen-bond donors (Lipinski definition) is 2. The molecular formula is C6H9ClO4. The first-order chi connectivity index (χ1) is 5.20. The number of hydrogen-bond acceptors (Lipinski definition) is 4. The zero-order chi connectivity index (χ0) is 8.01. The molecule has 0 amide bonds. The highest BCUT2D eigenvalue weighted by atomic mass is 35.5. The first-order valence-corrected chi connectivity index (χ1v) is 3.91. The Labute approximate surface area is 68.7 Å². The molecule has 5 heteroatoms. The van der Waals surface area contributed by atoms with Gasteiger partial charge in [-0.1, -0.05) is 0 Å². The van der Waals surface area contributed by atoms with E-state index in [1.165, 1.54) is 0 Å². The SMILES string of the molecule is OC1O[C@H]2[C@H](OC[C@@H]2Cl)[C@H]1O. The molecule has 0 radical (unpaired) electrons. The molecule has 0 aromatic rings. The molecule has 2 fully saturated rings. The standard InChI is InChI=1S/C6H9ClO4/c7-2-1-10-5-3(8)6(9)11-4(2)5/h2-6,8-9H,1H2/t2-,3+,4+,5+,6?/m0/s1. The number of fused-ring (bicyclic) bond motifs is 1. The quantitative estimate of drug-likeness (QED) is 0.473. The lowest BCUT2D eigenvalue weighted by Crippen LogP contribution is -2.31. The molecule has 11 heavy (non-hydrogen) atoms. The lowest BCUT2D eigenvalue weighted by molar-refractivity contribution is -0.132.